The van der Waals surface area contributed by atoms with Gasteiger partial charge in [-0.1, -0.05) is 0 Å². The molecule has 0 aliphatic carbocycles. The van der Waals surface area contributed by atoms with E-state index in [9.17, 15) is 25.5 Å². The van der Waals surface area contributed by atoms with E-state index in [2.05, 4.69) is 5.32 Å². The highest BCUT2D eigenvalue weighted by molar-refractivity contribution is 5.54. The number of hydrogen-bond acceptors (Lipinski definition) is 6. The third-order valence-corrected chi connectivity index (χ3v) is 3.41. The van der Waals surface area contributed by atoms with E-state index in [0.717, 1.165) is 6.07 Å². The highest BCUT2D eigenvalue weighted by atomic mass is 16.3. The monoisotopic (exact) mass is 305 g/mol. The molecule has 0 aliphatic heterocycles. The van der Waals surface area contributed by atoms with Crippen molar-refractivity contribution < 1.29 is 25.5 Å². The molecule has 0 heterocycles. The molecule has 22 heavy (non-hydrogen) atoms. The van der Waals surface area contributed by atoms with E-state index < -0.39 is 0 Å². The third kappa shape index (κ3) is 3.66. The van der Waals surface area contributed by atoms with E-state index in [1.54, 1.807) is 6.07 Å². The lowest BCUT2D eigenvalue weighted by Gasteiger charge is -2.16. The molecule has 0 saturated heterocycles. The van der Waals surface area contributed by atoms with Gasteiger partial charge in [0.1, 0.15) is 5.75 Å². The highest BCUT2D eigenvalue weighted by Gasteiger charge is 2.10. The maximum Gasteiger partial charge on any atom is 0.161 e. The summed E-state index contributed by atoms with van der Waals surface area (Å²) in [4.78, 5) is 0. The third-order valence-electron chi connectivity index (χ3n) is 3.41. The Balaban J connectivity index is 1.96. The molecule has 0 saturated carbocycles. The van der Waals surface area contributed by atoms with Crippen molar-refractivity contribution in [3.8, 4) is 28.7 Å². The number of aromatic hydroxyl groups is 5. The van der Waals surface area contributed by atoms with Crippen LogP contribution in [0.3, 0.4) is 0 Å². The van der Waals surface area contributed by atoms with Crippen LogP contribution in [0.5, 0.6) is 28.7 Å². The molecule has 2 aromatic rings. The number of aryl methyl sites for hydroxylation is 1. The van der Waals surface area contributed by atoms with E-state index in [0.29, 0.717) is 24.1 Å². The van der Waals surface area contributed by atoms with Gasteiger partial charge in [0.15, 0.2) is 23.0 Å². The summed E-state index contributed by atoms with van der Waals surface area (Å²) >= 11 is 0. The number of rotatable bonds is 5. The van der Waals surface area contributed by atoms with Gasteiger partial charge in [-0.2, -0.15) is 0 Å². The molecule has 0 spiro atoms. The van der Waals surface area contributed by atoms with Gasteiger partial charge in [-0.15, -0.1) is 0 Å². The zero-order valence-electron chi connectivity index (χ0n) is 12.1. The molecule has 0 fully saturated rings. The Morgan fingerprint density at radius 3 is 2.14 bits per heavy atom. The highest BCUT2D eigenvalue weighted by Crippen LogP contribution is 2.33. The number of anilines is 1. The van der Waals surface area contributed by atoms with Crippen LogP contribution in [0.1, 0.15) is 18.9 Å². The fourth-order valence-electron chi connectivity index (χ4n) is 2.15. The number of nitrogens with one attached hydrogen (secondary N) is 1. The summed E-state index contributed by atoms with van der Waals surface area (Å²) in [7, 11) is 0. The van der Waals surface area contributed by atoms with Crippen molar-refractivity contribution in [2.45, 2.75) is 25.8 Å². The topological polar surface area (TPSA) is 113 Å². The standard InChI is InChI=1S/C16H19NO5/c1-9(17-11-4-5-12(18)15(21)7-11)2-3-10-6-14(20)16(22)8-13(10)19/h4-9,17-22H,2-3H2,1H3. The van der Waals surface area contributed by atoms with Crippen molar-refractivity contribution in [1.29, 1.82) is 0 Å². The Bertz CT molecular complexity index is 672. The number of benzene rings is 2. The Morgan fingerprint density at radius 1 is 0.818 bits per heavy atom. The van der Waals surface area contributed by atoms with Gasteiger partial charge in [-0.05, 0) is 43.5 Å². The van der Waals surface area contributed by atoms with Crippen molar-refractivity contribution in [2.75, 3.05) is 5.32 Å². The Hall–Kier alpha value is -2.76. The van der Waals surface area contributed by atoms with E-state index >= 15 is 0 Å². The summed E-state index contributed by atoms with van der Waals surface area (Å²) in [5, 5.41) is 50.3. The second-order valence-corrected chi connectivity index (χ2v) is 5.26. The predicted molar refractivity (Wildman–Crippen MR) is 82.6 cm³/mol. The first kappa shape index (κ1) is 15.6. The quantitative estimate of drug-likeness (QED) is 0.374. The average Bonchev–Trinajstić information content (AvgIpc) is 2.45. The minimum atomic E-state index is -0.355. The molecule has 6 nitrogen and oxygen atoms in total. The van der Waals surface area contributed by atoms with Crippen molar-refractivity contribution >= 4 is 5.69 Å². The lowest BCUT2D eigenvalue weighted by atomic mass is 10.0. The van der Waals surface area contributed by atoms with Gasteiger partial charge in [0, 0.05) is 23.9 Å². The lowest BCUT2D eigenvalue weighted by Crippen LogP contribution is -2.15. The van der Waals surface area contributed by atoms with Gasteiger partial charge in [0.05, 0.1) is 0 Å². The van der Waals surface area contributed by atoms with Gasteiger partial charge in [-0.3, -0.25) is 0 Å². The number of phenolic OH excluding ortho intramolecular Hbond substituents is 5. The summed E-state index contributed by atoms with van der Waals surface area (Å²) in [5.41, 5.74) is 1.21. The fourth-order valence-corrected chi connectivity index (χ4v) is 2.15. The first-order valence-corrected chi connectivity index (χ1v) is 6.89. The van der Waals surface area contributed by atoms with E-state index in [4.69, 9.17) is 0 Å². The van der Waals surface area contributed by atoms with Crippen molar-refractivity contribution in [3.63, 3.8) is 0 Å². The average molecular weight is 305 g/mol. The van der Waals surface area contributed by atoms with E-state index in [1.807, 2.05) is 6.92 Å². The minimum Gasteiger partial charge on any atom is -0.508 e. The number of phenols is 5. The van der Waals surface area contributed by atoms with E-state index in [1.165, 1.54) is 18.2 Å². The van der Waals surface area contributed by atoms with Crippen LogP contribution >= 0.6 is 0 Å². The minimum absolute atomic E-state index is 0.0271. The Labute approximate surface area is 127 Å². The van der Waals surface area contributed by atoms with Crippen LogP contribution < -0.4 is 5.32 Å². The van der Waals surface area contributed by atoms with Gasteiger partial charge in [0.25, 0.3) is 0 Å². The van der Waals surface area contributed by atoms with Gasteiger partial charge in [0.2, 0.25) is 0 Å². The first-order valence-electron chi connectivity index (χ1n) is 6.89. The molecule has 0 amide bonds. The molecule has 118 valence electrons. The number of hydrogen-bond donors (Lipinski definition) is 6. The molecule has 0 radical (unpaired) electrons. The molecule has 1 atom stereocenters. The van der Waals surface area contributed by atoms with Crippen molar-refractivity contribution in [2.24, 2.45) is 0 Å². The van der Waals surface area contributed by atoms with Crippen LogP contribution in [0.4, 0.5) is 5.69 Å². The predicted octanol–water partition coefficient (Wildman–Crippen LogP) is 2.65. The smallest absolute Gasteiger partial charge is 0.161 e. The second-order valence-electron chi connectivity index (χ2n) is 5.26. The maximum absolute atomic E-state index is 9.73. The van der Waals surface area contributed by atoms with Crippen LogP contribution in [0.25, 0.3) is 0 Å². The van der Waals surface area contributed by atoms with Gasteiger partial charge in [-0.25, -0.2) is 0 Å². The van der Waals surface area contributed by atoms with Gasteiger partial charge < -0.3 is 30.8 Å². The zero-order chi connectivity index (χ0) is 16.3. The van der Waals surface area contributed by atoms with E-state index in [-0.39, 0.29) is 34.8 Å². The van der Waals surface area contributed by atoms with Crippen molar-refractivity contribution in [1.82, 2.24) is 0 Å². The summed E-state index contributed by atoms with van der Waals surface area (Å²) < 4.78 is 0. The van der Waals surface area contributed by atoms with Crippen LogP contribution in [-0.4, -0.2) is 31.6 Å². The largest absolute Gasteiger partial charge is 0.508 e. The maximum atomic E-state index is 9.73. The van der Waals surface area contributed by atoms with Crippen LogP contribution in [0.15, 0.2) is 30.3 Å². The Kier molecular flexibility index (Phi) is 4.50. The SMILES string of the molecule is CC(CCc1cc(O)c(O)cc1O)Nc1ccc(O)c(O)c1. The Morgan fingerprint density at radius 2 is 1.45 bits per heavy atom. The summed E-state index contributed by atoms with van der Waals surface area (Å²) in [6, 6.07) is 6.95. The zero-order valence-corrected chi connectivity index (χ0v) is 12.1. The molecule has 0 bridgehead atoms. The molecule has 2 aromatic carbocycles. The van der Waals surface area contributed by atoms with Crippen LogP contribution in [0.2, 0.25) is 0 Å². The molecule has 2 rings (SSSR count). The van der Waals surface area contributed by atoms with Crippen LogP contribution in [-0.2, 0) is 6.42 Å². The van der Waals surface area contributed by atoms with Crippen molar-refractivity contribution in [3.05, 3.63) is 35.9 Å². The molecule has 6 heteroatoms. The molecular weight excluding hydrogens is 286 g/mol. The first-order chi connectivity index (χ1) is 10.4. The van der Waals surface area contributed by atoms with Crippen LogP contribution in [0, 0.1) is 0 Å². The molecule has 1 unspecified atom stereocenters. The molecular formula is C16H19NO5. The summed E-state index contributed by atoms with van der Waals surface area (Å²) in [6.45, 7) is 1.93. The lowest BCUT2D eigenvalue weighted by molar-refractivity contribution is 0.394. The molecule has 0 aromatic heterocycles. The summed E-state index contributed by atoms with van der Waals surface area (Å²) in [6.07, 6.45) is 1.15. The second kappa shape index (κ2) is 6.34. The normalized spacial score (nSPS) is 12.0. The summed E-state index contributed by atoms with van der Waals surface area (Å²) in [5.74, 6) is -1.06. The fraction of sp³-hybridized carbons (Fsp3) is 0.250. The molecule has 6 N–H and O–H groups in total. The van der Waals surface area contributed by atoms with Gasteiger partial charge >= 0.3 is 0 Å². The molecule has 0 aliphatic rings.